The van der Waals surface area contributed by atoms with Crippen LogP contribution in [-0.4, -0.2) is 26.4 Å². The minimum atomic E-state index is -0.340. The van der Waals surface area contributed by atoms with Gasteiger partial charge in [0.05, 0.1) is 5.75 Å². The van der Waals surface area contributed by atoms with Crippen LogP contribution in [0.15, 0.2) is 78.0 Å². The Labute approximate surface area is 202 Å². The highest BCUT2D eigenvalue weighted by Crippen LogP contribution is 2.26. The van der Waals surface area contributed by atoms with E-state index >= 15 is 0 Å². The predicted molar refractivity (Wildman–Crippen MR) is 131 cm³/mol. The first kappa shape index (κ1) is 23.5. The van der Waals surface area contributed by atoms with Gasteiger partial charge in [-0.1, -0.05) is 66.4 Å². The maximum atomic E-state index is 13.8. The lowest BCUT2D eigenvalue weighted by Crippen LogP contribution is -2.25. The van der Waals surface area contributed by atoms with Crippen LogP contribution in [0.3, 0.4) is 0 Å². The zero-order valence-electron chi connectivity index (χ0n) is 19.0. The fourth-order valence-corrected chi connectivity index (χ4v) is 4.30. The number of ether oxygens (including phenoxy) is 1. The molecule has 1 N–H and O–H groups in total. The lowest BCUT2D eigenvalue weighted by molar-refractivity contribution is -0.118. The summed E-state index contributed by atoms with van der Waals surface area (Å²) in [5.74, 6) is 1.02. The zero-order chi connectivity index (χ0) is 23.9. The van der Waals surface area contributed by atoms with Gasteiger partial charge >= 0.3 is 0 Å². The number of nitrogens with zero attached hydrogens (tertiary/aromatic N) is 3. The predicted octanol–water partition coefficient (Wildman–Crippen LogP) is 5.01. The highest BCUT2D eigenvalue weighted by atomic mass is 32.2. The SMILES string of the molecule is Cc1cccc(C)c1OCc1nnc(SCC(=O)NCc2ccccc2F)n1-c1ccccc1. The molecule has 34 heavy (non-hydrogen) atoms. The fourth-order valence-electron chi connectivity index (χ4n) is 3.50. The third kappa shape index (κ3) is 5.63. The molecule has 0 bridgehead atoms. The maximum Gasteiger partial charge on any atom is 0.230 e. The van der Waals surface area contributed by atoms with Crippen molar-refractivity contribution < 1.29 is 13.9 Å². The molecule has 0 aliphatic carbocycles. The molecule has 0 saturated heterocycles. The molecule has 0 saturated carbocycles. The molecule has 4 aromatic rings. The molecule has 1 heterocycles. The highest BCUT2D eigenvalue weighted by molar-refractivity contribution is 7.99. The van der Waals surface area contributed by atoms with Gasteiger partial charge in [-0.2, -0.15) is 0 Å². The number of thioether (sulfide) groups is 1. The summed E-state index contributed by atoms with van der Waals surface area (Å²) in [6.45, 7) is 4.37. The van der Waals surface area contributed by atoms with E-state index in [9.17, 15) is 9.18 Å². The summed E-state index contributed by atoms with van der Waals surface area (Å²) >= 11 is 1.27. The summed E-state index contributed by atoms with van der Waals surface area (Å²) in [4.78, 5) is 12.4. The number of hydrogen-bond donors (Lipinski definition) is 1. The molecule has 0 aliphatic rings. The molecule has 0 radical (unpaired) electrons. The van der Waals surface area contributed by atoms with Crippen molar-refractivity contribution in [2.45, 2.75) is 32.2 Å². The second kappa shape index (κ2) is 11.0. The Morgan fingerprint density at radius 1 is 0.971 bits per heavy atom. The lowest BCUT2D eigenvalue weighted by atomic mass is 10.1. The normalized spacial score (nSPS) is 10.8. The summed E-state index contributed by atoms with van der Waals surface area (Å²) in [5, 5.41) is 12.0. The standard InChI is InChI=1S/C26H25FN4O2S/c1-18-9-8-10-19(2)25(18)33-16-23-29-30-26(31(23)21-12-4-3-5-13-21)34-17-24(32)28-15-20-11-6-7-14-22(20)27/h3-14H,15-17H2,1-2H3,(H,28,32). The topological polar surface area (TPSA) is 69.0 Å². The van der Waals surface area contributed by atoms with Gasteiger partial charge in [0.2, 0.25) is 5.91 Å². The third-order valence-corrected chi connectivity index (χ3v) is 6.16. The number of para-hydroxylation sites is 2. The van der Waals surface area contributed by atoms with Crippen LogP contribution in [0.1, 0.15) is 22.5 Å². The summed E-state index contributed by atoms with van der Waals surface area (Å²) in [7, 11) is 0. The molecule has 0 aliphatic heterocycles. The van der Waals surface area contributed by atoms with E-state index < -0.39 is 0 Å². The molecule has 4 rings (SSSR count). The van der Waals surface area contributed by atoms with Gasteiger partial charge in [-0.15, -0.1) is 10.2 Å². The van der Waals surface area contributed by atoms with Gasteiger partial charge in [0.15, 0.2) is 11.0 Å². The number of nitrogens with one attached hydrogen (secondary N) is 1. The minimum Gasteiger partial charge on any atom is -0.485 e. The van der Waals surface area contributed by atoms with E-state index in [1.165, 1.54) is 17.8 Å². The van der Waals surface area contributed by atoms with Crippen molar-refractivity contribution in [2.24, 2.45) is 0 Å². The van der Waals surface area contributed by atoms with Crippen molar-refractivity contribution in [2.75, 3.05) is 5.75 Å². The Morgan fingerprint density at radius 2 is 1.68 bits per heavy atom. The van der Waals surface area contributed by atoms with Gasteiger partial charge < -0.3 is 10.1 Å². The monoisotopic (exact) mass is 476 g/mol. The third-order valence-electron chi connectivity index (χ3n) is 5.24. The van der Waals surface area contributed by atoms with Crippen molar-refractivity contribution in [3.8, 4) is 11.4 Å². The van der Waals surface area contributed by atoms with Crippen LogP contribution in [-0.2, 0) is 17.9 Å². The van der Waals surface area contributed by atoms with Crippen molar-refractivity contribution in [3.63, 3.8) is 0 Å². The van der Waals surface area contributed by atoms with Gasteiger partial charge in [-0.25, -0.2) is 4.39 Å². The summed E-state index contributed by atoms with van der Waals surface area (Å²) in [5.41, 5.74) is 3.42. The van der Waals surface area contributed by atoms with Crippen LogP contribution in [0.4, 0.5) is 4.39 Å². The molecule has 0 spiro atoms. The molecule has 1 aromatic heterocycles. The Bertz CT molecular complexity index is 1260. The molecule has 1 amide bonds. The van der Waals surface area contributed by atoms with E-state index in [1.807, 2.05) is 66.9 Å². The molecule has 3 aromatic carbocycles. The average molecular weight is 477 g/mol. The van der Waals surface area contributed by atoms with Crippen LogP contribution in [0, 0.1) is 19.7 Å². The van der Waals surface area contributed by atoms with E-state index in [4.69, 9.17) is 4.74 Å². The van der Waals surface area contributed by atoms with E-state index in [0.717, 1.165) is 22.6 Å². The van der Waals surface area contributed by atoms with Gasteiger partial charge in [0.25, 0.3) is 0 Å². The van der Waals surface area contributed by atoms with E-state index in [-0.39, 0.29) is 30.6 Å². The van der Waals surface area contributed by atoms with E-state index in [0.29, 0.717) is 16.5 Å². The number of benzene rings is 3. The first-order valence-electron chi connectivity index (χ1n) is 10.8. The second-order valence-electron chi connectivity index (χ2n) is 7.74. The van der Waals surface area contributed by atoms with Gasteiger partial charge in [0, 0.05) is 17.8 Å². The number of aryl methyl sites for hydroxylation is 2. The Balaban J connectivity index is 1.47. The van der Waals surface area contributed by atoms with E-state index in [2.05, 4.69) is 15.5 Å². The summed E-state index contributed by atoms with van der Waals surface area (Å²) < 4.78 is 21.8. The number of carbonyl (C=O) groups excluding carboxylic acids is 1. The number of hydrogen-bond acceptors (Lipinski definition) is 5. The van der Waals surface area contributed by atoms with Crippen molar-refractivity contribution in [1.29, 1.82) is 0 Å². The van der Waals surface area contributed by atoms with Gasteiger partial charge in [-0.3, -0.25) is 9.36 Å². The van der Waals surface area contributed by atoms with Crippen LogP contribution in [0.5, 0.6) is 5.75 Å². The Kier molecular flexibility index (Phi) is 7.59. The highest BCUT2D eigenvalue weighted by Gasteiger charge is 2.17. The largest absolute Gasteiger partial charge is 0.485 e. The maximum absolute atomic E-state index is 13.8. The molecular weight excluding hydrogens is 451 g/mol. The number of amides is 1. The van der Waals surface area contributed by atoms with Crippen molar-refractivity contribution >= 4 is 17.7 Å². The molecular formula is C26H25FN4O2S. The fraction of sp³-hybridized carbons (Fsp3) is 0.192. The molecule has 0 atom stereocenters. The van der Waals surface area contributed by atoms with Crippen LogP contribution < -0.4 is 10.1 Å². The van der Waals surface area contributed by atoms with Gasteiger partial charge in [-0.05, 0) is 43.2 Å². The first-order chi connectivity index (χ1) is 16.5. The Hall–Kier alpha value is -3.65. The summed E-state index contributed by atoms with van der Waals surface area (Å²) in [6.07, 6.45) is 0. The molecule has 174 valence electrons. The summed E-state index contributed by atoms with van der Waals surface area (Å²) in [6, 6.07) is 22.1. The van der Waals surface area contributed by atoms with Crippen LogP contribution in [0.2, 0.25) is 0 Å². The zero-order valence-corrected chi connectivity index (χ0v) is 19.8. The van der Waals surface area contributed by atoms with E-state index in [1.54, 1.807) is 18.2 Å². The second-order valence-corrected chi connectivity index (χ2v) is 8.68. The van der Waals surface area contributed by atoms with Gasteiger partial charge in [0.1, 0.15) is 18.2 Å². The quantitative estimate of drug-likeness (QED) is 0.344. The molecule has 0 unspecified atom stereocenters. The van der Waals surface area contributed by atoms with Crippen LogP contribution in [0.25, 0.3) is 5.69 Å². The minimum absolute atomic E-state index is 0.122. The Morgan fingerprint density at radius 3 is 2.41 bits per heavy atom. The lowest BCUT2D eigenvalue weighted by Gasteiger charge is -2.13. The average Bonchev–Trinajstić information content (AvgIpc) is 3.25. The molecule has 8 heteroatoms. The molecule has 0 fully saturated rings. The molecule has 6 nitrogen and oxygen atoms in total. The number of halogens is 1. The number of carbonyl (C=O) groups is 1. The van der Waals surface area contributed by atoms with Crippen LogP contribution >= 0.6 is 11.8 Å². The number of rotatable bonds is 9. The first-order valence-corrected chi connectivity index (χ1v) is 11.8. The number of aromatic nitrogens is 3. The van der Waals surface area contributed by atoms with Crippen molar-refractivity contribution in [3.05, 3.63) is 101 Å². The van der Waals surface area contributed by atoms with Crippen molar-refractivity contribution in [1.82, 2.24) is 20.1 Å². The smallest absolute Gasteiger partial charge is 0.230 e.